The topological polar surface area (TPSA) is 73.8 Å². The van der Waals surface area contributed by atoms with Crippen molar-refractivity contribution < 1.29 is 27.4 Å². The van der Waals surface area contributed by atoms with Gasteiger partial charge < -0.3 is 20.1 Å². The summed E-state index contributed by atoms with van der Waals surface area (Å²) in [5, 5.41) is 14.6. The van der Waals surface area contributed by atoms with E-state index in [0.29, 0.717) is 49.8 Å². The van der Waals surface area contributed by atoms with Crippen LogP contribution in [0.5, 0.6) is 11.8 Å². The number of halogens is 4. The summed E-state index contributed by atoms with van der Waals surface area (Å²) >= 11 is 0. The van der Waals surface area contributed by atoms with Crippen LogP contribution in [0.4, 0.5) is 23.4 Å². The van der Waals surface area contributed by atoms with Gasteiger partial charge in [0, 0.05) is 66.1 Å². The van der Waals surface area contributed by atoms with Gasteiger partial charge in [0.05, 0.1) is 11.1 Å². The van der Waals surface area contributed by atoms with Crippen LogP contribution in [0.25, 0.3) is 32.8 Å². The van der Waals surface area contributed by atoms with Crippen molar-refractivity contribution in [2.45, 2.75) is 63.3 Å². The molecule has 7 nitrogen and oxygen atoms in total. The highest BCUT2D eigenvalue weighted by molar-refractivity contribution is 6.04. The molecule has 4 aromatic rings. The Hall–Kier alpha value is -4.14. The van der Waals surface area contributed by atoms with Gasteiger partial charge in [-0.05, 0) is 61.8 Å². The van der Waals surface area contributed by atoms with Crippen molar-refractivity contribution in [1.29, 1.82) is 0 Å². The third kappa shape index (κ3) is 5.22. The van der Waals surface area contributed by atoms with Crippen LogP contribution in [-0.2, 0) is 0 Å². The number of hydrogen-bond donors (Lipinski definition) is 2. The van der Waals surface area contributed by atoms with E-state index in [-0.39, 0.29) is 57.9 Å². The van der Waals surface area contributed by atoms with Gasteiger partial charge in [-0.2, -0.15) is 9.97 Å². The van der Waals surface area contributed by atoms with Gasteiger partial charge in [-0.25, -0.2) is 17.6 Å². The van der Waals surface area contributed by atoms with E-state index in [9.17, 15) is 9.50 Å². The van der Waals surface area contributed by atoms with Gasteiger partial charge in [0.15, 0.2) is 5.82 Å². The molecule has 244 valence electrons. The van der Waals surface area contributed by atoms with Crippen molar-refractivity contribution in [1.82, 2.24) is 20.2 Å². The van der Waals surface area contributed by atoms with Gasteiger partial charge in [0.2, 0.25) is 0 Å². The molecule has 0 spiro atoms. The molecule has 11 heteroatoms. The highest BCUT2D eigenvalue weighted by Gasteiger charge is 2.45. The number of aromatic nitrogens is 2. The third-order valence-electron chi connectivity index (χ3n) is 10.4. The fraction of sp³-hybridized carbons (Fsp3) is 0.444. The minimum atomic E-state index is -1.09. The summed E-state index contributed by atoms with van der Waals surface area (Å²) < 4.78 is 69.5. The fourth-order valence-electron chi connectivity index (χ4n) is 7.83. The smallest absolute Gasteiger partial charge is 0.319 e. The Morgan fingerprint density at radius 2 is 1.81 bits per heavy atom. The first kappa shape index (κ1) is 30.2. The number of phenols is 1. The molecule has 8 rings (SSSR count). The maximum Gasteiger partial charge on any atom is 0.319 e. The van der Waals surface area contributed by atoms with E-state index >= 15 is 13.2 Å². The first-order valence-electron chi connectivity index (χ1n) is 16.3. The number of rotatable bonds is 6. The lowest BCUT2D eigenvalue weighted by Gasteiger charge is -2.42. The number of ether oxygens (including phenoxy) is 1. The maximum absolute atomic E-state index is 16.9. The number of terminal acetylenes is 1. The Morgan fingerprint density at radius 1 is 1.04 bits per heavy atom. The van der Waals surface area contributed by atoms with Crippen molar-refractivity contribution >= 4 is 27.5 Å². The molecule has 0 amide bonds. The van der Waals surface area contributed by atoms with Crippen LogP contribution in [-0.4, -0.2) is 77.1 Å². The minimum Gasteiger partial charge on any atom is -0.508 e. The van der Waals surface area contributed by atoms with E-state index in [2.05, 4.69) is 21.1 Å². The van der Waals surface area contributed by atoms with Crippen LogP contribution in [0.1, 0.15) is 44.6 Å². The lowest BCUT2D eigenvalue weighted by atomic mass is 9.81. The molecule has 1 aliphatic carbocycles. The van der Waals surface area contributed by atoms with Gasteiger partial charge in [-0.15, -0.1) is 6.42 Å². The number of benzene rings is 3. The Balaban J connectivity index is 1.27. The fourth-order valence-corrected chi connectivity index (χ4v) is 7.83. The number of nitrogens with one attached hydrogen (secondary N) is 1. The standard InChI is InChI=1S/C36H35F4N5O2/c1-3-24-27(37)9-4-19-12-23(46)13-25(30(19)24)31-28(38)14-26-33(32(31)40)42-35(43-34(26)45-15-20-5-6-21(16-45)41-20)47-18-36(2)17-44(22-7-8-22)11-10-29(36)39/h1,4,9,12-14,20-22,29,41,46H,5-8,10-11,15-18H2,2H3/t20-,21+,29-,36+/m0/s1. The molecule has 4 aliphatic rings. The highest BCUT2D eigenvalue weighted by Crippen LogP contribution is 2.43. The lowest BCUT2D eigenvalue weighted by Crippen LogP contribution is -2.52. The van der Waals surface area contributed by atoms with E-state index in [0.717, 1.165) is 31.7 Å². The molecule has 2 bridgehead atoms. The largest absolute Gasteiger partial charge is 0.508 e. The maximum atomic E-state index is 16.9. The second-order valence-electron chi connectivity index (χ2n) is 13.9. The summed E-state index contributed by atoms with van der Waals surface area (Å²) in [6, 6.07) is 6.99. The molecular weight excluding hydrogens is 610 g/mol. The van der Waals surface area contributed by atoms with Crippen LogP contribution in [0.3, 0.4) is 0 Å². The van der Waals surface area contributed by atoms with Crippen molar-refractivity contribution in [3.05, 3.63) is 53.3 Å². The molecule has 0 unspecified atom stereocenters. The Labute approximate surface area is 269 Å². The predicted octanol–water partition coefficient (Wildman–Crippen LogP) is 6.09. The zero-order valence-corrected chi connectivity index (χ0v) is 26.0. The van der Waals surface area contributed by atoms with Crippen molar-refractivity contribution in [3.8, 4) is 35.2 Å². The van der Waals surface area contributed by atoms with Crippen LogP contribution >= 0.6 is 0 Å². The van der Waals surface area contributed by atoms with E-state index in [1.165, 1.54) is 24.3 Å². The molecular formula is C36H35F4N5O2. The number of piperidine rings is 1. The van der Waals surface area contributed by atoms with E-state index in [4.69, 9.17) is 16.1 Å². The van der Waals surface area contributed by atoms with E-state index < -0.39 is 34.6 Å². The number of nitrogens with zero attached hydrogens (tertiary/aromatic N) is 4. The zero-order valence-electron chi connectivity index (χ0n) is 26.0. The van der Waals surface area contributed by atoms with Gasteiger partial charge >= 0.3 is 6.01 Å². The molecule has 4 atom stereocenters. The zero-order chi connectivity index (χ0) is 32.6. The number of fused-ring (bicyclic) bond motifs is 4. The summed E-state index contributed by atoms with van der Waals surface area (Å²) in [7, 11) is 0. The Morgan fingerprint density at radius 3 is 2.53 bits per heavy atom. The van der Waals surface area contributed by atoms with Crippen LogP contribution in [0.15, 0.2) is 30.3 Å². The van der Waals surface area contributed by atoms with Gasteiger partial charge in [-0.1, -0.05) is 18.9 Å². The second kappa shape index (κ2) is 11.2. The number of phenolic OH excluding ortho intramolecular Hbond substituents is 1. The molecule has 1 aromatic heterocycles. The average Bonchev–Trinajstić information content (AvgIpc) is 3.85. The Kier molecular flexibility index (Phi) is 7.22. The van der Waals surface area contributed by atoms with Crippen LogP contribution < -0.4 is 15.0 Å². The SMILES string of the molecule is C#Cc1c(F)ccc2cc(O)cc(-c3c(F)cc4c(N5C[C@H]6CC[C@@H](C5)N6)nc(OC[C@@]5(C)CN(C6CC6)CC[C@@H]5F)nc4c3F)c12. The number of aromatic hydroxyl groups is 1. The van der Waals surface area contributed by atoms with Gasteiger partial charge in [-0.3, -0.25) is 4.90 Å². The summed E-state index contributed by atoms with van der Waals surface area (Å²) in [6.45, 7) is 4.23. The molecule has 4 heterocycles. The monoisotopic (exact) mass is 645 g/mol. The molecule has 4 fully saturated rings. The van der Waals surface area contributed by atoms with Crippen molar-refractivity contribution in [2.75, 3.05) is 37.7 Å². The molecule has 1 saturated carbocycles. The lowest BCUT2D eigenvalue weighted by molar-refractivity contribution is -0.0200. The first-order chi connectivity index (χ1) is 22.6. The summed E-state index contributed by atoms with van der Waals surface area (Å²) in [6.07, 6.45) is 9.13. The van der Waals surface area contributed by atoms with Gasteiger partial charge in [0.25, 0.3) is 0 Å². The van der Waals surface area contributed by atoms with Crippen molar-refractivity contribution in [2.24, 2.45) is 5.41 Å². The average molecular weight is 646 g/mol. The number of alkyl halides is 1. The normalized spacial score (nSPS) is 26.2. The first-order valence-corrected chi connectivity index (χ1v) is 16.3. The Bertz CT molecular complexity index is 1950. The van der Waals surface area contributed by atoms with Gasteiger partial charge in [0.1, 0.15) is 41.5 Å². The minimum absolute atomic E-state index is 0.0210. The quantitative estimate of drug-likeness (QED) is 0.194. The molecule has 3 aromatic carbocycles. The molecule has 47 heavy (non-hydrogen) atoms. The molecule has 0 radical (unpaired) electrons. The van der Waals surface area contributed by atoms with E-state index in [1.54, 1.807) is 0 Å². The molecule has 2 N–H and O–H groups in total. The third-order valence-corrected chi connectivity index (χ3v) is 10.4. The summed E-state index contributed by atoms with van der Waals surface area (Å²) in [5.74, 6) is -0.355. The van der Waals surface area contributed by atoms with E-state index in [1.807, 2.05) is 11.8 Å². The summed E-state index contributed by atoms with van der Waals surface area (Å²) in [4.78, 5) is 13.5. The number of anilines is 1. The second-order valence-corrected chi connectivity index (χ2v) is 13.9. The molecule has 3 aliphatic heterocycles. The predicted molar refractivity (Wildman–Crippen MR) is 172 cm³/mol. The highest BCUT2D eigenvalue weighted by atomic mass is 19.1. The number of piperazine rings is 1. The van der Waals surface area contributed by atoms with Crippen LogP contribution in [0.2, 0.25) is 0 Å². The van der Waals surface area contributed by atoms with Crippen molar-refractivity contribution in [3.63, 3.8) is 0 Å². The van der Waals surface area contributed by atoms with Crippen LogP contribution in [0, 0.1) is 35.2 Å². The number of hydrogen-bond acceptors (Lipinski definition) is 7. The number of likely N-dealkylation sites (tertiary alicyclic amines) is 1. The summed E-state index contributed by atoms with van der Waals surface area (Å²) in [5.41, 5.74) is -1.83. The molecule has 3 saturated heterocycles.